The van der Waals surface area contributed by atoms with Gasteiger partial charge in [0, 0.05) is 30.8 Å². The van der Waals surface area contributed by atoms with Gasteiger partial charge in [-0.05, 0) is 20.3 Å². The second kappa shape index (κ2) is 4.40. The number of imidazole rings is 1. The molecule has 2 aromatic heterocycles. The van der Waals surface area contributed by atoms with E-state index in [1.807, 2.05) is 0 Å². The molecule has 1 N–H and O–H groups in total. The summed E-state index contributed by atoms with van der Waals surface area (Å²) in [5.41, 5.74) is 2.39. The highest BCUT2D eigenvalue weighted by Crippen LogP contribution is 2.18. The van der Waals surface area contributed by atoms with Crippen LogP contribution < -0.4 is 5.32 Å². The Morgan fingerprint density at radius 3 is 3.29 bits per heavy atom. The van der Waals surface area contributed by atoms with E-state index in [9.17, 15) is 0 Å². The number of hydrogen-bond donors (Lipinski definition) is 1. The highest BCUT2D eigenvalue weighted by Gasteiger charge is 2.24. The van der Waals surface area contributed by atoms with Gasteiger partial charge in [0.1, 0.15) is 0 Å². The zero-order valence-corrected chi connectivity index (χ0v) is 11.0. The average molecular weight is 251 g/mol. The minimum absolute atomic E-state index is 0.321. The van der Waals surface area contributed by atoms with Gasteiger partial charge in [-0.2, -0.15) is 0 Å². The Morgan fingerprint density at radius 2 is 2.53 bits per heavy atom. The molecule has 0 saturated carbocycles. The van der Waals surface area contributed by atoms with Crippen molar-refractivity contribution in [3.63, 3.8) is 0 Å². The van der Waals surface area contributed by atoms with E-state index >= 15 is 0 Å². The molecule has 2 aromatic rings. The smallest absolute Gasteiger partial charge is 0.194 e. The fraction of sp³-hybridized carbons (Fsp3) is 0.583. The third-order valence-electron chi connectivity index (χ3n) is 3.47. The Morgan fingerprint density at radius 1 is 1.65 bits per heavy atom. The predicted molar refractivity (Wildman–Crippen MR) is 68.5 cm³/mol. The third-order valence-corrected chi connectivity index (χ3v) is 4.23. The van der Waals surface area contributed by atoms with E-state index in [1.165, 1.54) is 5.69 Å². The van der Waals surface area contributed by atoms with E-state index in [-0.39, 0.29) is 0 Å². The fourth-order valence-electron chi connectivity index (χ4n) is 2.38. The van der Waals surface area contributed by atoms with Gasteiger partial charge in [-0.3, -0.25) is 4.40 Å². The van der Waals surface area contributed by atoms with Gasteiger partial charge in [0.05, 0.1) is 17.5 Å². The molecule has 3 heterocycles. The highest BCUT2D eigenvalue weighted by atomic mass is 32.1. The minimum atomic E-state index is 0.321. The van der Waals surface area contributed by atoms with Gasteiger partial charge < -0.3 is 10.1 Å². The number of nitrogens with zero attached hydrogens (tertiary/aromatic N) is 2. The summed E-state index contributed by atoms with van der Waals surface area (Å²) in [7, 11) is 0. The van der Waals surface area contributed by atoms with Crippen LogP contribution in [0.1, 0.15) is 24.7 Å². The first-order chi connectivity index (χ1) is 8.25. The zero-order valence-electron chi connectivity index (χ0n) is 10.1. The Bertz CT molecular complexity index is 519. The molecule has 0 amide bonds. The third kappa shape index (κ3) is 1.99. The molecule has 0 aliphatic carbocycles. The first-order valence-corrected chi connectivity index (χ1v) is 6.89. The zero-order chi connectivity index (χ0) is 11.8. The lowest BCUT2D eigenvalue weighted by Gasteiger charge is -2.15. The molecule has 0 aromatic carbocycles. The van der Waals surface area contributed by atoms with E-state index in [2.05, 4.69) is 40.1 Å². The first-order valence-electron chi connectivity index (χ1n) is 6.01. The summed E-state index contributed by atoms with van der Waals surface area (Å²) >= 11 is 1.68. The van der Waals surface area contributed by atoms with Crippen molar-refractivity contribution in [2.45, 2.75) is 39.0 Å². The van der Waals surface area contributed by atoms with Gasteiger partial charge in [0.15, 0.2) is 4.96 Å². The normalized spacial score (nSPS) is 24.8. The average Bonchev–Trinajstić information content (AvgIpc) is 2.94. The van der Waals surface area contributed by atoms with Crippen LogP contribution in [0.4, 0.5) is 0 Å². The van der Waals surface area contributed by atoms with Crippen molar-refractivity contribution < 1.29 is 4.74 Å². The van der Waals surface area contributed by atoms with Crippen LogP contribution in [0.25, 0.3) is 4.96 Å². The van der Waals surface area contributed by atoms with Crippen molar-refractivity contribution >= 4 is 16.3 Å². The van der Waals surface area contributed by atoms with Crippen LogP contribution in [-0.2, 0) is 11.3 Å². The first kappa shape index (κ1) is 11.2. The number of rotatable bonds is 3. The summed E-state index contributed by atoms with van der Waals surface area (Å²) in [6.07, 6.45) is 3.51. The Balaban J connectivity index is 1.75. The largest absolute Gasteiger partial charge is 0.377 e. The standard InChI is InChI=1S/C12H17N3OS/c1-8-11(15-4-6-17-12(15)14-8)7-13-10-3-5-16-9(10)2/h4,6,9-10,13H,3,5,7H2,1-2H3. The molecule has 2 atom stereocenters. The van der Waals surface area contributed by atoms with E-state index in [4.69, 9.17) is 4.74 Å². The summed E-state index contributed by atoms with van der Waals surface area (Å²) in [6.45, 7) is 5.94. The molecule has 2 unspecified atom stereocenters. The summed E-state index contributed by atoms with van der Waals surface area (Å²) in [5.74, 6) is 0. The Hall–Kier alpha value is -0.910. The van der Waals surface area contributed by atoms with E-state index < -0.39 is 0 Å². The second-order valence-electron chi connectivity index (χ2n) is 4.55. The molecular weight excluding hydrogens is 234 g/mol. The Kier molecular flexibility index (Phi) is 2.90. The van der Waals surface area contributed by atoms with Gasteiger partial charge in [0.2, 0.25) is 0 Å². The maximum Gasteiger partial charge on any atom is 0.194 e. The summed E-state index contributed by atoms with van der Waals surface area (Å²) in [6, 6.07) is 0.471. The summed E-state index contributed by atoms with van der Waals surface area (Å²) in [4.78, 5) is 5.63. The van der Waals surface area contributed by atoms with E-state index in [1.54, 1.807) is 11.3 Å². The number of aryl methyl sites for hydroxylation is 1. The van der Waals surface area contributed by atoms with E-state index in [0.717, 1.165) is 30.2 Å². The number of nitrogens with one attached hydrogen (secondary N) is 1. The number of aromatic nitrogens is 2. The molecule has 0 bridgehead atoms. The van der Waals surface area contributed by atoms with Crippen molar-refractivity contribution in [1.82, 2.24) is 14.7 Å². The maximum absolute atomic E-state index is 5.56. The van der Waals surface area contributed by atoms with Gasteiger partial charge in [-0.1, -0.05) is 0 Å². The van der Waals surface area contributed by atoms with Gasteiger partial charge in [0.25, 0.3) is 0 Å². The van der Waals surface area contributed by atoms with Crippen molar-refractivity contribution in [3.05, 3.63) is 23.0 Å². The summed E-state index contributed by atoms with van der Waals surface area (Å²) < 4.78 is 7.73. The van der Waals surface area contributed by atoms with E-state index in [0.29, 0.717) is 12.1 Å². The molecular formula is C12H17N3OS. The van der Waals surface area contributed by atoms with Crippen LogP contribution in [0.2, 0.25) is 0 Å². The highest BCUT2D eigenvalue weighted by molar-refractivity contribution is 7.15. The van der Waals surface area contributed by atoms with Crippen molar-refractivity contribution in [2.75, 3.05) is 6.61 Å². The lowest BCUT2D eigenvalue weighted by atomic mass is 10.1. The van der Waals surface area contributed by atoms with Gasteiger partial charge in [-0.25, -0.2) is 4.98 Å². The predicted octanol–water partition coefficient (Wildman–Crippen LogP) is 1.97. The van der Waals surface area contributed by atoms with Gasteiger partial charge >= 0.3 is 0 Å². The summed E-state index contributed by atoms with van der Waals surface area (Å²) in [5, 5.41) is 5.65. The number of thiazole rings is 1. The van der Waals surface area contributed by atoms with Crippen molar-refractivity contribution in [3.8, 4) is 0 Å². The lowest BCUT2D eigenvalue weighted by Crippen LogP contribution is -2.34. The molecule has 1 fully saturated rings. The monoisotopic (exact) mass is 251 g/mol. The maximum atomic E-state index is 5.56. The van der Waals surface area contributed by atoms with Crippen LogP contribution in [0, 0.1) is 6.92 Å². The molecule has 0 spiro atoms. The van der Waals surface area contributed by atoms with Crippen LogP contribution in [0.5, 0.6) is 0 Å². The van der Waals surface area contributed by atoms with Crippen molar-refractivity contribution in [2.24, 2.45) is 0 Å². The molecule has 1 aliphatic heterocycles. The molecule has 4 nitrogen and oxygen atoms in total. The van der Waals surface area contributed by atoms with Crippen LogP contribution in [-0.4, -0.2) is 28.1 Å². The molecule has 1 aliphatic rings. The van der Waals surface area contributed by atoms with Gasteiger partial charge in [-0.15, -0.1) is 11.3 Å². The number of hydrogen-bond acceptors (Lipinski definition) is 4. The quantitative estimate of drug-likeness (QED) is 0.906. The lowest BCUT2D eigenvalue weighted by molar-refractivity contribution is 0.113. The Labute approximate surface area is 105 Å². The SMILES string of the molecule is Cc1nc2sccn2c1CNC1CCOC1C. The number of ether oxygens (including phenoxy) is 1. The topological polar surface area (TPSA) is 38.6 Å². The molecule has 3 rings (SSSR count). The van der Waals surface area contributed by atoms with Crippen LogP contribution in [0.3, 0.4) is 0 Å². The second-order valence-corrected chi connectivity index (χ2v) is 5.42. The molecule has 5 heteroatoms. The van der Waals surface area contributed by atoms with Crippen LogP contribution >= 0.6 is 11.3 Å². The molecule has 1 saturated heterocycles. The number of fused-ring (bicyclic) bond motifs is 1. The molecule has 17 heavy (non-hydrogen) atoms. The van der Waals surface area contributed by atoms with Crippen molar-refractivity contribution in [1.29, 1.82) is 0 Å². The van der Waals surface area contributed by atoms with Crippen LogP contribution in [0.15, 0.2) is 11.6 Å². The molecule has 0 radical (unpaired) electrons. The minimum Gasteiger partial charge on any atom is -0.377 e. The fourth-order valence-corrected chi connectivity index (χ4v) is 3.16. The molecule has 92 valence electrons.